The Labute approximate surface area is 174 Å². The van der Waals surface area contributed by atoms with E-state index in [1.54, 1.807) is 6.07 Å². The van der Waals surface area contributed by atoms with E-state index in [1.165, 1.54) is 25.6 Å². The first-order chi connectivity index (χ1) is 13.8. The average molecular weight is 407 g/mol. The Bertz CT molecular complexity index is 1060. The summed E-state index contributed by atoms with van der Waals surface area (Å²) in [6.45, 7) is 6.69. The lowest BCUT2D eigenvalue weighted by molar-refractivity contribution is -0.133. The molecule has 0 N–H and O–H groups in total. The predicted molar refractivity (Wildman–Crippen MR) is 115 cm³/mol. The average Bonchev–Trinajstić information content (AvgIpc) is 2.65. The van der Waals surface area contributed by atoms with Crippen LogP contribution in [0.1, 0.15) is 25.0 Å². The van der Waals surface area contributed by atoms with Crippen molar-refractivity contribution in [1.29, 1.82) is 0 Å². The smallest absolute Gasteiger partial charge is 0.308 e. The Kier molecular flexibility index (Phi) is 6.39. The molecule has 0 unspecified atom stereocenters. The van der Waals surface area contributed by atoms with E-state index in [9.17, 15) is 9.59 Å². The molecule has 0 bridgehead atoms. The van der Waals surface area contributed by atoms with Crippen LogP contribution in [-0.4, -0.2) is 11.9 Å². The highest BCUT2D eigenvalue weighted by molar-refractivity contribution is 7.99. The second-order valence-electron chi connectivity index (χ2n) is 6.74. The van der Waals surface area contributed by atoms with Gasteiger partial charge >= 0.3 is 11.9 Å². The normalized spacial score (nSPS) is 10.5. The van der Waals surface area contributed by atoms with E-state index in [-0.39, 0.29) is 0 Å². The van der Waals surface area contributed by atoms with Gasteiger partial charge in [0.1, 0.15) is 5.75 Å². The van der Waals surface area contributed by atoms with E-state index in [0.717, 1.165) is 20.9 Å². The van der Waals surface area contributed by atoms with Crippen molar-refractivity contribution in [2.24, 2.45) is 0 Å². The summed E-state index contributed by atoms with van der Waals surface area (Å²) >= 11 is 1.52. The number of carbonyl (C=O) groups excluding carboxylic acids is 2. The largest absolute Gasteiger partial charge is 0.426 e. The SMILES string of the molecule is CC(=O)Oc1ccc(C)cc1-c1cc(C)cc(Sc2ccccc2)c1OC(C)=O. The summed E-state index contributed by atoms with van der Waals surface area (Å²) in [4.78, 5) is 25.4. The fraction of sp³-hybridized carbons (Fsp3) is 0.167. The van der Waals surface area contributed by atoms with Crippen LogP contribution in [0, 0.1) is 13.8 Å². The molecule has 0 saturated carbocycles. The summed E-state index contributed by atoms with van der Waals surface area (Å²) in [5.74, 6) is 0.0658. The number of esters is 2. The third-order valence-corrected chi connectivity index (χ3v) is 5.13. The molecule has 0 spiro atoms. The van der Waals surface area contributed by atoms with E-state index >= 15 is 0 Å². The number of hydrogen-bond donors (Lipinski definition) is 0. The van der Waals surface area contributed by atoms with Crippen LogP contribution >= 0.6 is 11.8 Å². The fourth-order valence-electron chi connectivity index (χ4n) is 2.98. The highest BCUT2D eigenvalue weighted by Gasteiger charge is 2.20. The van der Waals surface area contributed by atoms with Gasteiger partial charge in [-0.2, -0.15) is 0 Å². The van der Waals surface area contributed by atoms with Crippen LogP contribution in [-0.2, 0) is 9.59 Å². The zero-order valence-electron chi connectivity index (χ0n) is 16.8. The van der Waals surface area contributed by atoms with Crippen molar-refractivity contribution >= 4 is 23.7 Å². The van der Waals surface area contributed by atoms with Crippen molar-refractivity contribution in [2.45, 2.75) is 37.5 Å². The topological polar surface area (TPSA) is 52.6 Å². The minimum atomic E-state index is -0.410. The molecular weight excluding hydrogens is 384 g/mol. The molecule has 0 fully saturated rings. The second-order valence-corrected chi connectivity index (χ2v) is 7.86. The van der Waals surface area contributed by atoms with E-state index in [0.29, 0.717) is 22.6 Å². The lowest BCUT2D eigenvalue weighted by atomic mass is 9.99. The lowest BCUT2D eigenvalue weighted by Gasteiger charge is -2.18. The molecule has 0 aliphatic rings. The van der Waals surface area contributed by atoms with Gasteiger partial charge in [-0.05, 0) is 55.8 Å². The number of ether oxygens (including phenoxy) is 2. The molecule has 29 heavy (non-hydrogen) atoms. The summed E-state index contributed by atoms with van der Waals surface area (Å²) in [6, 6.07) is 19.4. The summed E-state index contributed by atoms with van der Waals surface area (Å²) in [6.07, 6.45) is 0. The summed E-state index contributed by atoms with van der Waals surface area (Å²) < 4.78 is 11.1. The molecule has 0 radical (unpaired) electrons. The van der Waals surface area contributed by atoms with Gasteiger partial charge in [0.15, 0.2) is 5.75 Å². The zero-order chi connectivity index (χ0) is 21.0. The molecule has 0 saturated heterocycles. The maximum absolute atomic E-state index is 11.9. The van der Waals surface area contributed by atoms with E-state index in [2.05, 4.69) is 0 Å². The van der Waals surface area contributed by atoms with Crippen LogP contribution in [0.3, 0.4) is 0 Å². The van der Waals surface area contributed by atoms with Gasteiger partial charge in [-0.3, -0.25) is 9.59 Å². The van der Waals surface area contributed by atoms with Crippen molar-refractivity contribution in [3.63, 3.8) is 0 Å². The molecule has 0 amide bonds. The molecule has 148 valence electrons. The molecule has 3 rings (SSSR count). The maximum atomic E-state index is 11.9. The van der Waals surface area contributed by atoms with Crippen molar-refractivity contribution in [3.05, 3.63) is 71.8 Å². The molecule has 0 heterocycles. The van der Waals surface area contributed by atoms with Crippen LogP contribution in [0.5, 0.6) is 11.5 Å². The van der Waals surface area contributed by atoms with Crippen LogP contribution in [0.15, 0.2) is 70.5 Å². The molecular formula is C24H22O4S. The van der Waals surface area contributed by atoms with Gasteiger partial charge in [0.25, 0.3) is 0 Å². The van der Waals surface area contributed by atoms with Crippen molar-refractivity contribution in [2.75, 3.05) is 0 Å². The minimum absolute atomic E-state index is 0.407. The Morgan fingerprint density at radius 1 is 0.759 bits per heavy atom. The Morgan fingerprint density at radius 3 is 2.07 bits per heavy atom. The first-order valence-electron chi connectivity index (χ1n) is 9.19. The van der Waals surface area contributed by atoms with Gasteiger partial charge in [0.2, 0.25) is 0 Å². The van der Waals surface area contributed by atoms with Crippen molar-refractivity contribution in [1.82, 2.24) is 0 Å². The van der Waals surface area contributed by atoms with Gasteiger partial charge in [-0.1, -0.05) is 41.6 Å². The van der Waals surface area contributed by atoms with Crippen LogP contribution in [0.25, 0.3) is 11.1 Å². The number of benzene rings is 3. The third kappa shape index (κ3) is 5.27. The molecule has 4 nitrogen and oxygen atoms in total. The van der Waals surface area contributed by atoms with Crippen LogP contribution in [0.4, 0.5) is 0 Å². The minimum Gasteiger partial charge on any atom is -0.426 e. The summed E-state index contributed by atoms with van der Waals surface area (Å²) in [5, 5.41) is 0. The fourth-order valence-corrected chi connectivity index (χ4v) is 4.01. The van der Waals surface area contributed by atoms with E-state index in [4.69, 9.17) is 9.47 Å². The highest BCUT2D eigenvalue weighted by atomic mass is 32.2. The molecule has 0 aliphatic heterocycles. The summed E-state index contributed by atoms with van der Waals surface area (Å²) in [7, 11) is 0. The number of hydrogen-bond acceptors (Lipinski definition) is 5. The standard InChI is InChI=1S/C24H22O4S/c1-15-10-11-22(27-17(3)25)20(12-15)21-13-16(2)14-23(24(21)28-18(4)26)29-19-8-6-5-7-9-19/h5-14H,1-4H3. The molecule has 3 aromatic carbocycles. The first-order valence-corrected chi connectivity index (χ1v) is 10.0. The molecule has 0 atom stereocenters. The van der Waals surface area contributed by atoms with Crippen LogP contribution in [0.2, 0.25) is 0 Å². The quantitative estimate of drug-likeness (QED) is 0.386. The Balaban J connectivity index is 2.22. The maximum Gasteiger partial charge on any atom is 0.308 e. The van der Waals surface area contributed by atoms with Gasteiger partial charge in [-0.25, -0.2) is 0 Å². The van der Waals surface area contributed by atoms with Gasteiger partial charge < -0.3 is 9.47 Å². The van der Waals surface area contributed by atoms with E-state index < -0.39 is 11.9 Å². The number of rotatable bonds is 5. The predicted octanol–water partition coefficient (Wildman–Crippen LogP) is 5.97. The third-order valence-electron chi connectivity index (χ3n) is 4.09. The lowest BCUT2D eigenvalue weighted by Crippen LogP contribution is -2.06. The van der Waals surface area contributed by atoms with E-state index in [1.807, 2.05) is 68.4 Å². The molecule has 5 heteroatoms. The Hall–Kier alpha value is -3.05. The zero-order valence-corrected chi connectivity index (χ0v) is 17.6. The number of carbonyl (C=O) groups is 2. The Morgan fingerprint density at radius 2 is 1.41 bits per heavy atom. The number of aryl methyl sites for hydroxylation is 2. The van der Waals surface area contributed by atoms with Gasteiger partial charge in [0.05, 0.1) is 4.90 Å². The van der Waals surface area contributed by atoms with Gasteiger partial charge in [0, 0.05) is 29.9 Å². The highest BCUT2D eigenvalue weighted by Crippen LogP contribution is 2.45. The second kappa shape index (κ2) is 8.97. The van der Waals surface area contributed by atoms with Crippen LogP contribution < -0.4 is 9.47 Å². The van der Waals surface area contributed by atoms with Crippen molar-refractivity contribution in [3.8, 4) is 22.6 Å². The molecule has 0 aliphatic carbocycles. The van der Waals surface area contributed by atoms with Gasteiger partial charge in [-0.15, -0.1) is 0 Å². The summed E-state index contributed by atoms with van der Waals surface area (Å²) in [5.41, 5.74) is 3.42. The monoisotopic (exact) mass is 406 g/mol. The van der Waals surface area contributed by atoms with Crippen molar-refractivity contribution < 1.29 is 19.1 Å². The molecule has 0 aromatic heterocycles. The molecule has 3 aromatic rings. The first kappa shape index (κ1) is 20.7.